The Labute approximate surface area is 172 Å². The fourth-order valence-corrected chi connectivity index (χ4v) is 2.37. The van der Waals surface area contributed by atoms with E-state index in [1.165, 1.54) is 31.4 Å². The minimum absolute atomic E-state index is 0.0700. The van der Waals surface area contributed by atoms with Crippen molar-refractivity contribution in [1.82, 2.24) is 20.4 Å². The molecular weight excluding hydrogens is 424 g/mol. The van der Waals surface area contributed by atoms with Gasteiger partial charge >= 0.3 is 6.61 Å². The summed E-state index contributed by atoms with van der Waals surface area (Å²) in [6.45, 7) is -3.38. The quantitative estimate of drug-likeness (QED) is 0.426. The lowest BCUT2D eigenvalue weighted by molar-refractivity contribution is -0.0528. The van der Waals surface area contributed by atoms with Crippen LogP contribution in [0.4, 0.5) is 17.6 Å². The molecule has 0 saturated heterocycles. The van der Waals surface area contributed by atoms with Gasteiger partial charge in [-0.3, -0.25) is 9.63 Å². The van der Waals surface area contributed by atoms with E-state index in [1.54, 1.807) is 0 Å². The summed E-state index contributed by atoms with van der Waals surface area (Å²) in [5.74, 6) is -2.42. The van der Waals surface area contributed by atoms with Gasteiger partial charge < -0.3 is 9.47 Å². The second kappa shape index (κ2) is 9.80. The maximum Gasteiger partial charge on any atom is 0.388 e. The minimum Gasteiger partial charge on any atom is -0.497 e. The molecule has 0 atom stereocenters. The smallest absolute Gasteiger partial charge is 0.388 e. The zero-order chi connectivity index (χ0) is 22.4. The van der Waals surface area contributed by atoms with Crippen molar-refractivity contribution >= 4 is 5.91 Å². The zero-order valence-corrected chi connectivity index (χ0v) is 15.8. The molecule has 1 aromatic carbocycles. The molecule has 0 saturated carbocycles. The van der Waals surface area contributed by atoms with E-state index in [0.29, 0.717) is 5.75 Å². The Morgan fingerprint density at radius 1 is 1.13 bits per heavy atom. The molecule has 1 N–H and O–H groups in total. The molecule has 1 amide bonds. The minimum atomic E-state index is -3.06. The van der Waals surface area contributed by atoms with Crippen molar-refractivity contribution in [3.63, 3.8) is 0 Å². The average molecular weight is 438 g/mol. The zero-order valence-electron chi connectivity index (χ0n) is 15.8. The fourth-order valence-electron chi connectivity index (χ4n) is 2.37. The Hall–Kier alpha value is -3.80. The maximum atomic E-state index is 14.0. The fraction of sp³-hybridized carbons (Fsp3) is 0.158. The molecule has 2 aromatic heterocycles. The molecule has 162 valence electrons. The number of methoxy groups -OCH3 is 1. The molecule has 3 rings (SSSR count). The van der Waals surface area contributed by atoms with Gasteiger partial charge in [0.15, 0.2) is 0 Å². The predicted molar refractivity (Wildman–Crippen MR) is 97.1 cm³/mol. The number of hydroxylamine groups is 1. The van der Waals surface area contributed by atoms with Crippen LogP contribution in [-0.2, 0) is 11.4 Å². The van der Waals surface area contributed by atoms with Gasteiger partial charge in [0.25, 0.3) is 5.91 Å². The number of carbonyl (C=O) groups excluding carboxylic acids is 1. The summed E-state index contributed by atoms with van der Waals surface area (Å²) in [4.78, 5) is 28.1. The summed E-state index contributed by atoms with van der Waals surface area (Å²) in [6.07, 6.45) is 1.90. The molecule has 0 radical (unpaired) electrons. The lowest BCUT2D eigenvalue weighted by atomic mass is 10.2. The number of pyridine rings is 1. The van der Waals surface area contributed by atoms with E-state index in [2.05, 4.69) is 25.2 Å². The van der Waals surface area contributed by atoms with Crippen LogP contribution in [0, 0.1) is 11.8 Å². The van der Waals surface area contributed by atoms with Gasteiger partial charge in [-0.2, -0.15) is 13.2 Å². The number of carbonyl (C=O) groups is 1. The number of hydrogen-bond donors (Lipinski definition) is 1. The summed E-state index contributed by atoms with van der Waals surface area (Å²) >= 11 is 0. The average Bonchev–Trinajstić information content (AvgIpc) is 2.75. The van der Waals surface area contributed by atoms with Gasteiger partial charge in [-0.1, -0.05) is 0 Å². The molecular formula is C19H14F4N4O4. The molecule has 0 fully saturated rings. The monoisotopic (exact) mass is 438 g/mol. The Balaban J connectivity index is 1.68. The van der Waals surface area contributed by atoms with E-state index in [-0.39, 0.29) is 35.0 Å². The van der Waals surface area contributed by atoms with Crippen LogP contribution < -0.4 is 15.0 Å². The third-order valence-corrected chi connectivity index (χ3v) is 3.83. The Morgan fingerprint density at radius 2 is 1.94 bits per heavy atom. The summed E-state index contributed by atoms with van der Waals surface area (Å²) in [7, 11) is 1.42. The molecule has 0 aliphatic heterocycles. The first-order chi connectivity index (χ1) is 14.9. The molecule has 8 nitrogen and oxygen atoms in total. The number of nitrogens with one attached hydrogen (secondary N) is 1. The molecule has 0 aliphatic carbocycles. The van der Waals surface area contributed by atoms with Gasteiger partial charge in [0, 0.05) is 23.4 Å². The van der Waals surface area contributed by atoms with E-state index in [1.807, 2.05) is 0 Å². The summed E-state index contributed by atoms with van der Waals surface area (Å²) in [5, 5.41) is 0. The van der Waals surface area contributed by atoms with Gasteiger partial charge in [-0.25, -0.2) is 24.8 Å². The molecule has 0 spiro atoms. The van der Waals surface area contributed by atoms with Gasteiger partial charge in [0.2, 0.25) is 11.8 Å². The first-order valence-corrected chi connectivity index (χ1v) is 8.55. The van der Waals surface area contributed by atoms with E-state index < -0.39 is 24.3 Å². The van der Waals surface area contributed by atoms with Crippen LogP contribution in [0.1, 0.15) is 16.1 Å². The lowest BCUT2D eigenvalue weighted by Gasteiger charge is -2.09. The Kier molecular flexibility index (Phi) is 6.92. The van der Waals surface area contributed by atoms with E-state index in [0.717, 1.165) is 18.5 Å². The molecule has 0 aliphatic rings. The van der Waals surface area contributed by atoms with Crippen LogP contribution in [0.25, 0.3) is 11.3 Å². The highest BCUT2D eigenvalue weighted by molar-refractivity contribution is 5.91. The van der Waals surface area contributed by atoms with Gasteiger partial charge in [0.05, 0.1) is 13.3 Å². The van der Waals surface area contributed by atoms with Crippen LogP contribution in [0.3, 0.4) is 0 Å². The molecule has 2 heterocycles. The number of aromatic nitrogens is 3. The number of halogens is 4. The van der Waals surface area contributed by atoms with Crippen LogP contribution in [0.5, 0.6) is 11.6 Å². The van der Waals surface area contributed by atoms with Crippen molar-refractivity contribution in [1.29, 1.82) is 0 Å². The Morgan fingerprint density at radius 3 is 2.61 bits per heavy atom. The van der Waals surface area contributed by atoms with Crippen molar-refractivity contribution < 1.29 is 36.7 Å². The van der Waals surface area contributed by atoms with E-state index in [9.17, 15) is 22.4 Å². The number of nitrogens with zero attached hydrogens (tertiary/aromatic N) is 3. The van der Waals surface area contributed by atoms with Gasteiger partial charge in [0.1, 0.15) is 29.6 Å². The normalized spacial score (nSPS) is 10.8. The van der Waals surface area contributed by atoms with Crippen molar-refractivity contribution in [2.45, 2.75) is 13.2 Å². The van der Waals surface area contributed by atoms with Crippen LogP contribution in [-0.4, -0.2) is 34.6 Å². The van der Waals surface area contributed by atoms with Gasteiger partial charge in [-0.05, 0) is 24.3 Å². The van der Waals surface area contributed by atoms with Crippen LogP contribution in [0.2, 0.25) is 0 Å². The first kappa shape index (κ1) is 21.9. The molecule has 0 bridgehead atoms. The number of ether oxygens (including phenoxy) is 2. The molecule has 12 heteroatoms. The topological polar surface area (TPSA) is 95.5 Å². The largest absolute Gasteiger partial charge is 0.497 e. The van der Waals surface area contributed by atoms with Crippen LogP contribution >= 0.6 is 0 Å². The van der Waals surface area contributed by atoms with Crippen molar-refractivity contribution in [2.24, 2.45) is 0 Å². The first-order valence-electron chi connectivity index (χ1n) is 8.55. The standard InChI is InChI=1S/C19H14F4N4O4/c1-29-12-3-4-13(20)11(6-12)9-30-27-18(28)14-8-25-17(21)16(26-14)10-2-5-15(24-7-10)31-19(22)23/h2-8,19H,9H2,1H3,(H,27,28). The highest BCUT2D eigenvalue weighted by atomic mass is 19.3. The van der Waals surface area contributed by atoms with Crippen molar-refractivity contribution in [3.05, 3.63) is 65.7 Å². The summed E-state index contributed by atoms with van der Waals surface area (Å²) < 4.78 is 61.3. The second-order valence-electron chi connectivity index (χ2n) is 5.84. The summed E-state index contributed by atoms with van der Waals surface area (Å²) in [5.41, 5.74) is 1.59. The van der Waals surface area contributed by atoms with Crippen LogP contribution in [0.15, 0.2) is 42.7 Å². The number of amides is 1. The number of benzene rings is 1. The molecule has 31 heavy (non-hydrogen) atoms. The van der Waals surface area contributed by atoms with Crippen molar-refractivity contribution in [2.75, 3.05) is 7.11 Å². The van der Waals surface area contributed by atoms with Crippen molar-refractivity contribution in [3.8, 4) is 22.9 Å². The summed E-state index contributed by atoms with van der Waals surface area (Å²) in [6, 6.07) is 6.31. The lowest BCUT2D eigenvalue weighted by Crippen LogP contribution is -2.25. The number of hydrogen-bond acceptors (Lipinski definition) is 7. The second-order valence-corrected chi connectivity index (χ2v) is 5.84. The molecule has 0 unspecified atom stereocenters. The number of alkyl halides is 2. The van der Waals surface area contributed by atoms with Gasteiger partial charge in [-0.15, -0.1) is 0 Å². The predicted octanol–water partition coefficient (Wildman–Crippen LogP) is 3.29. The SMILES string of the molecule is COc1ccc(F)c(CONC(=O)c2cnc(F)c(-c3ccc(OC(F)F)nc3)n2)c1. The highest BCUT2D eigenvalue weighted by Gasteiger charge is 2.16. The van der Waals surface area contributed by atoms with E-state index in [4.69, 9.17) is 9.57 Å². The molecule has 3 aromatic rings. The maximum absolute atomic E-state index is 14.0. The highest BCUT2D eigenvalue weighted by Crippen LogP contribution is 2.21. The van der Waals surface area contributed by atoms with E-state index >= 15 is 0 Å². The number of rotatable bonds is 8. The Bertz CT molecular complexity index is 1070. The third-order valence-electron chi connectivity index (χ3n) is 3.83. The third kappa shape index (κ3) is 5.63.